The summed E-state index contributed by atoms with van der Waals surface area (Å²) in [5.41, 5.74) is 3.03. The Morgan fingerprint density at radius 1 is 1.00 bits per heavy atom. The summed E-state index contributed by atoms with van der Waals surface area (Å²) < 4.78 is 29.7. The smallest absolute Gasteiger partial charge is 0.248 e. The van der Waals surface area contributed by atoms with Gasteiger partial charge < -0.3 is 14.8 Å². The fourth-order valence-electron chi connectivity index (χ4n) is 4.80. The number of nitrogens with zero attached hydrogens (tertiary/aromatic N) is 2. The van der Waals surface area contributed by atoms with Crippen LogP contribution >= 0.6 is 0 Å². The number of hydrogen-bond donors (Lipinski definition) is 2. The molecule has 37 heavy (non-hydrogen) atoms. The van der Waals surface area contributed by atoms with E-state index in [1.54, 1.807) is 41.3 Å². The SMILES string of the molecule is CN(C)C1CN(C(=O)C(NS(=O)(=O)c2ccc3[nH]c(=O)ccc3c2)c2ccccc2)Cc2ccccc21. The minimum absolute atomic E-state index is 0.00965. The number of carbonyl (C=O) groups excluding carboxylic acids is 1. The van der Waals surface area contributed by atoms with Gasteiger partial charge in [-0.2, -0.15) is 4.72 Å². The fraction of sp³-hybridized carbons (Fsp3) is 0.214. The van der Waals surface area contributed by atoms with Crippen LogP contribution in [0.1, 0.15) is 28.8 Å². The third-order valence-electron chi connectivity index (χ3n) is 6.76. The second-order valence-electron chi connectivity index (χ2n) is 9.43. The molecule has 1 aromatic heterocycles. The zero-order chi connectivity index (χ0) is 26.2. The van der Waals surface area contributed by atoms with Crippen LogP contribution in [0.15, 0.2) is 94.6 Å². The quantitative estimate of drug-likeness (QED) is 0.410. The van der Waals surface area contributed by atoms with Crippen molar-refractivity contribution in [1.82, 2.24) is 19.5 Å². The highest BCUT2D eigenvalue weighted by atomic mass is 32.2. The van der Waals surface area contributed by atoms with Crippen LogP contribution in [0.4, 0.5) is 0 Å². The van der Waals surface area contributed by atoms with E-state index in [1.165, 1.54) is 23.8 Å². The number of nitrogens with one attached hydrogen (secondary N) is 2. The van der Waals surface area contributed by atoms with E-state index in [1.807, 2.05) is 38.4 Å². The maximum Gasteiger partial charge on any atom is 0.248 e. The highest BCUT2D eigenvalue weighted by Gasteiger charge is 2.35. The summed E-state index contributed by atoms with van der Waals surface area (Å²) >= 11 is 0. The van der Waals surface area contributed by atoms with Gasteiger partial charge in [-0.15, -0.1) is 0 Å². The van der Waals surface area contributed by atoms with Gasteiger partial charge in [-0.25, -0.2) is 8.42 Å². The van der Waals surface area contributed by atoms with Crippen molar-refractivity contribution in [1.29, 1.82) is 0 Å². The Balaban J connectivity index is 1.50. The van der Waals surface area contributed by atoms with Gasteiger partial charge in [0, 0.05) is 24.7 Å². The molecule has 1 aliphatic heterocycles. The molecule has 0 spiro atoms. The average molecular weight is 517 g/mol. The lowest BCUT2D eigenvalue weighted by molar-refractivity contribution is -0.135. The topological polar surface area (TPSA) is 103 Å². The molecule has 0 aliphatic carbocycles. The summed E-state index contributed by atoms with van der Waals surface area (Å²) in [5.74, 6) is -0.318. The van der Waals surface area contributed by atoms with E-state index >= 15 is 0 Å². The number of rotatable bonds is 6. The van der Waals surface area contributed by atoms with Crippen molar-refractivity contribution < 1.29 is 13.2 Å². The molecule has 2 atom stereocenters. The number of aromatic nitrogens is 1. The molecular weight excluding hydrogens is 488 g/mol. The number of sulfonamides is 1. The van der Waals surface area contributed by atoms with Crippen LogP contribution in [-0.2, 0) is 21.4 Å². The van der Waals surface area contributed by atoms with E-state index in [0.717, 1.165) is 5.56 Å². The predicted octanol–water partition coefficient (Wildman–Crippen LogP) is 3.19. The van der Waals surface area contributed by atoms with Gasteiger partial charge in [0.05, 0.1) is 10.9 Å². The summed E-state index contributed by atoms with van der Waals surface area (Å²) in [7, 11) is -0.139. The maximum atomic E-state index is 14.0. The Kier molecular flexibility index (Phi) is 6.68. The van der Waals surface area contributed by atoms with Crippen molar-refractivity contribution in [2.45, 2.75) is 23.5 Å². The molecule has 3 aromatic carbocycles. The molecule has 0 fully saturated rings. The van der Waals surface area contributed by atoms with E-state index in [4.69, 9.17) is 0 Å². The Morgan fingerprint density at radius 2 is 1.73 bits per heavy atom. The van der Waals surface area contributed by atoms with Crippen molar-refractivity contribution in [2.75, 3.05) is 20.6 Å². The van der Waals surface area contributed by atoms with Gasteiger partial charge in [0.25, 0.3) is 0 Å². The highest BCUT2D eigenvalue weighted by molar-refractivity contribution is 7.89. The largest absolute Gasteiger partial charge is 0.335 e. The molecule has 2 unspecified atom stereocenters. The van der Waals surface area contributed by atoms with Crippen molar-refractivity contribution in [3.05, 3.63) is 112 Å². The number of carbonyl (C=O) groups is 1. The normalized spacial score (nSPS) is 16.5. The Bertz CT molecular complexity index is 1620. The number of H-pyrrole nitrogens is 1. The number of benzene rings is 3. The Labute approximate surface area is 215 Å². The molecule has 0 radical (unpaired) electrons. The van der Waals surface area contributed by atoms with Crippen LogP contribution < -0.4 is 10.3 Å². The predicted molar refractivity (Wildman–Crippen MR) is 142 cm³/mol. The molecule has 5 rings (SSSR count). The van der Waals surface area contributed by atoms with Crippen LogP contribution in [0.3, 0.4) is 0 Å². The Hall–Kier alpha value is -3.79. The molecule has 0 bridgehead atoms. The second kappa shape index (κ2) is 9.93. The van der Waals surface area contributed by atoms with E-state index in [-0.39, 0.29) is 22.4 Å². The molecule has 9 heteroatoms. The summed E-state index contributed by atoms with van der Waals surface area (Å²) in [6.45, 7) is 0.838. The first-order valence-corrected chi connectivity index (χ1v) is 13.4. The standard InChI is InChI=1S/C28H28N4O4S/c1-31(2)25-18-32(17-21-10-6-7-11-23(21)25)28(34)27(19-8-4-3-5-9-19)30-37(35,36)22-13-14-24-20(16-22)12-15-26(33)29-24/h3-16,25,27,30H,17-18H2,1-2H3,(H,29,33). The van der Waals surface area contributed by atoms with Gasteiger partial charge in [-0.3, -0.25) is 9.59 Å². The monoisotopic (exact) mass is 516 g/mol. The van der Waals surface area contributed by atoms with Crippen LogP contribution in [0.25, 0.3) is 10.9 Å². The molecule has 1 amide bonds. The number of fused-ring (bicyclic) bond motifs is 2. The average Bonchev–Trinajstić information content (AvgIpc) is 2.90. The minimum atomic E-state index is -4.08. The van der Waals surface area contributed by atoms with E-state index < -0.39 is 16.1 Å². The number of aromatic amines is 1. The highest BCUT2D eigenvalue weighted by Crippen LogP contribution is 2.32. The molecule has 2 heterocycles. The summed E-state index contributed by atoms with van der Waals surface area (Å²) in [6, 6.07) is 23.2. The third-order valence-corrected chi connectivity index (χ3v) is 8.18. The number of amides is 1. The lowest BCUT2D eigenvalue weighted by Crippen LogP contribution is -2.47. The van der Waals surface area contributed by atoms with Crippen molar-refractivity contribution in [2.24, 2.45) is 0 Å². The number of pyridine rings is 1. The number of likely N-dealkylation sites (N-methyl/N-ethyl adjacent to an activating group) is 1. The van der Waals surface area contributed by atoms with Gasteiger partial charge >= 0.3 is 0 Å². The van der Waals surface area contributed by atoms with Crippen LogP contribution in [-0.4, -0.2) is 49.7 Å². The van der Waals surface area contributed by atoms with Gasteiger partial charge in [0.2, 0.25) is 21.5 Å². The van der Waals surface area contributed by atoms with Crippen molar-refractivity contribution >= 4 is 26.8 Å². The molecule has 8 nitrogen and oxygen atoms in total. The van der Waals surface area contributed by atoms with Crippen LogP contribution in [0.2, 0.25) is 0 Å². The first kappa shape index (κ1) is 24.9. The zero-order valence-electron chi connectivity index (χ0n) is 20.6. The molecule has 1 aliphatic rings. The zero-order valence-corrected chi connectivity index (χ0v) is 21.4. The van der Waals surface area contributed by atoms with Crippen LogP contribution in [0, 0.1) is 0 Å². The molecule has 190 valence electrons. The van der Waals surface area contributed by atoms with E-state index in [0.29, 0.717) is 29.6 Å². The lowest BCUT2D eigenvalue weighted by Gasteiger charge is -2.39. The van der Waals surface area contributed by atoms with Gasteiger partial charge in [0.15, 0.2) is 0 Å². The van der Waals surface area contributed by atoms with E-state index in [2.05, 4.69) is 20.7 Å². The molecule has 0 saturated heterocycles. The third kappa shape index (κ3) is 5.06. The summed E-state index contributed by atoms with van der Waals surface area (Å²) in [4.78, 5) is 32.1. The van der Waals surface area contributed by atoms with Crippen molar-refractivity contribution in [3.8, 4) is 0 Å². The fourth-order valence-corrected chi connectivity index (χ4v) is 6.01. The van der Waals surface area contributed by atoms with Crippen LogP contribution in [0.5, 0.6) is 0 Å². The van der Waals surface area contributed by atoms with Gasteiger partial charge in [-0.05, 0) is 60.4 Å². The van der Waals surface area contributed by atoms with E-state index in [9.17, 15) is 18.0 Å². The summed E-state index contributed by atoms with van der Waals surface area (Å²) in [5, 5.41) is 0.575. The number of hydrogen-bond acceptors (Lipinski definition) is 5. The molecule has 4 aromatic rings. The van der Waals surface area contributed by atoms with Gasteiger partial charge in [-0.1, -0.05) is 54.6 Å². The minimum Gasteiger partial charge on any atom is -0.335 e. The maximum absolute atomic E-state index is 14.0. The second-order valence-corrected chi connectivity index (χ2v) is 11.1. The molecule has 0 saturated carbocycles. The summed E-state index contributed by atoms with van der Waals surface area (Å²) in [6.07, 6.45) is 0. The first-order chi connectivity index (χ1) is 17.7. The lowest BCUT2D eigenvalue weighted by atomic mass is 9.93. The van der Waals surface area contributed by atoms with Crippen molar-refractivity contribution in [3.63, 3.8) is 0 Å². The first-order valence-electron chi connectivity index (χ1n) is 12.0. The molecule has 2 N–H and O–H groups in total. The molecular formula is C28H28N4O4S. The van der Waals surface area contributed by atoms with Gasteiger partial charge in [0.1, 0.15) is 6.04 Å². The Morgan fingerprint density at radius 3 is 2.49 bits per heavy atom.